The van der Waals surface area contributed by atoms with Gasteiger partial charge in [0.05, 0.1) is 31.0 Å². The molecule has 1 N–H and O–H groups in total. The molecule has 9 heteroatoms. The predicted octanol–water partition coefficient (Wildman–Crippen LogP) is 1.87. The number of anilines is 1. The number of carbonyl (C=O) groups is 4. The van der Waals surface area contributed by atoms with Gasteiger partial charge in [-0.25, -0.2) is 4.79 Å². The molecule has 0 unspecified atom stereocenters. The monoisotopic (exact) mass is 412 g/mol. The van der Waals surface area contributed by atoms with Crippen LogP contribution in [-0.2, 0) is 14.3 Å². The van der Waals surface area contributed by atoms with Crippen molar-refractivity contribution in [3.8, 4) is 11.5 Å². The van der Waals surface area contributed by atoms with E-state index in [1.165, 1.54) is 33.3 Å². The number of benzene rings is 2. The number of imide groups is 1. The van der Waals surface area contributed by atoms with Gasteiger partial charge in [-0.05, 0) is 31.2 Å². The zero-order valence-electron chi connectivity index (χ0n) is 16.6. The Bertz CT molecular complexity index is 983. The van der Waals surface area contributed by atoms with E-state index in [2.05, 4.69) is 5.32 Å². The highest BCUT2D eigenvalue weighted by atomic mass is 16.5. The highest BCUT2D eigenvalue weighted by molar-refractivity contribution is 6.22. The van der Waals surface area contributed by atoms with Gasteiger partial charge in [-0.15, -0.1) is 0 Å². The number of hydrogen-bond acceptors (Lipinski definition) is 7. The highest BCUT2D eigenvalue weighted by Gasteiger charge is 2.41. The predicted molar refractivity (Wildman–Crippen MR) is 106 cm³/mol. The van der Waals surface area contributed by atoms with E-state index < -0.39 is 36.3 Å². The molecule has 1 aliphatic rings. The van der Waals surface area contributed by atoms with Gasteiger partial charge in [0.25, 0.3) is 17.7 Å². The van der Waals surface area contributed by atoms with Gasteiger partial charge in [-0.3, -0.25) is 19.3 Å². The minimum Gasteiger partial charge on any atom is -0.497 e. The van der Waals surface area contributed by atoms with Gasteiger partial charge in [-0.2, -0.15) is 0 Å². The molecule has 30 heavy (non-hydrogen) atoms. The van der Waals surface area contributed by atoms with Crippen LogP contribution in [-0.4, -0.2) is 55.5 Å². The molecule has 0 aromatic heterocycles. The molecule has 1 aliphatic heterocycles. The fraction of sp³-hybridized carbons (Fsp3) is 0.238. The molecular weight excluding hydrogens is 392 g/mol. The standard InChI is InChI=1S/C21H20N2O7/c1-12(23-19(25)14-6-4-5-7-15(14)20(23)26)21(27)30-11-18(24)22-16-9-8-13(28-2)10-17(16)29-3/h4-10,12H,11H2,1-3H3,(H,22,24)/t12-/m1/s1. The van der Waals surface area contributed by atoms with Crippen LogP contribution in [0.15, 0.2) is 42.5 Å². The Morgan fingerprint density at radius 1 is 1.00 bits per heavy atom. The molecule has 0 saturated heterocycles. The summed E-state index contributed by atoms with van der Waals surface area (Å²) in [4.78, 5) is 50.2. The van der Waals surface area contributed by atoms with Crippen molar-refractivity contribution in [3.63, 3.8) is 0 Å². The molecule has 0 saturated carbocycles. The van der Waals surface area contributed by atoms with Crippen LogP contribution in [0.25, 0.3) is 0 Å². The number of nitrogens with zero attached hydrogens (tertiary/aromatic N) is 1. The molecular formula is C21H20N2O7. The molecule has 3 rings (SSSR count). The fourth-order valence-electron chi connectivity index (χ4n) is 3.01. The SMILES string of the molecule is COc1ccc(NC(=O)COC(=O)[C@@H](C)N2C(=O)c3ccccc3C2=O)c(OC)c1. The molecule has 0 spiro atoms. The Labute approximate surface area is 172 Å². The van der Waals surface area contributed by atoms with Gasteiger partial charge in [0.1, 0.15) is 17.5 Å². The van der Waals surface area contributed by atoms with Gasteiger partial charge in [0, 0.05) is 6.07 Å². The number of nitrogens with one attached hydrogen (secondary N) is 1. The van der Waals surface area contributed by atoms with Crippen molar-refractivity contribution < 1.29 is 33.4 Å². The van der Waals surface area contributed by atoms with E-state index in [4.69, 9.17) is 14.2 Å². The molecule has 156 valence electrons. The number of hydrogen-bond donors (Lipinski definition) is 1. The molecule has 3 amide bonds. The molecule has 1 heterocycles. The lowest BCUT2D eigenvalue weighted by molar-refractivity contribution is -0.150. The molecule has 0 radical (unpaired) electrons. The maximum Gasteiger partial charge on any atom is 0.329 e. The van der Waals surface area contributed by atoms with Crippen LogP contribution in [0.4, 0.5) is 5.69 Å². The zero-order chi connectivity index (χ0) is 21.8. The molecule has 0 aliphatic carbocycles. The lowest BCUT2D eigenvalue weighted by Crippen LogP contribution is -2.44. The van der Waals surface area contributed by atoms with Crippen LogP contribution in [0, 0.1) is 0 Å². The van der Waals surface area contributed by atoms with E-state index in [1.54, 1.807) is 30.3 Å². The summed E-state index contributed by atoms with van der Waals surface area (Å²) in [5.41, 5.74) is 0.825. The van der Waals surface area contributed by atoms with Crippen molar-refractivity contribution in [1.82, 2.24) is 4.90 Å². The van der Waals surface area contributed by atoms with Crippen molar-refractivity contribution in [2.75, 3.05) is 26.1 Å². The van der Waals surface area contributed by atoms with Crippen LogP contribution >= 0.6 is 0 Å². The second-order valence-corrected chi connectivity index (χ2v) is 6.42. The first kappa shape index (κ1) is 20.8. The second kappa shape index (κ2) is 8.64. The lowest BCUT2D eigenvalue weighted by atomic mass is 10.1. The third kappa shape index (κ3) is 3.95. The van der Waals surface area contributed by atoms with E-state index in [0.29, 0.717) is 17.2 Å². The van der Waals surface area contributed by atoms with Crippen LogP contribution in [0.5, 0.6) is 11.5 Å². The van der Waals surface area contributed by atoms with Crippen LogP contribution in [0.1, 0.15) is 27.6 Å². The van der Waals surface area contributed by atoms with Gasteiger partial charge in [0.15, 0.2) is 6.61 Å². The number of methoxy groups -OCH3 is 2. The van der Waals surface area contributed by atoms with Crippen LogP contribution in [0.2, 0.25) is 0 Å². The maximum atomic E-state index is 12.4. The molecule has 2 aromatic rings. The van der Waals surface area contributed by atoms with Gasteiger partial charge < -0.3 is 19.5 Å². The van der Waals surface area contributed by atoms with Gasteiger partial charge in [-0.1, -0.05) is 12.1 Å². The summed E-state index contributed by atoms with van der Waals surface area (Å²) in [5, 5.41) is 2.56. The molecule has 0 bridgehead atoms. The maximum absolute atomic E-state index is 12.4. The highest BCUT2D eigenvalue weighted by Crippen LogP contribution is 2.29. The van der Waals surface area contributed by atoms with Crippen LogP contribution < -0.4 is 14.8 Å². The topological polar surface area (TPSA) is 111 Å². The average molecular weight is 412 g/mol. The summed E-state index contributed by atoms with van der Waals surface area (Å²) < 4.78 is 15.3. The first-order valence-corrected chi connectivity index (χ1v) is 9.02. The van der Waals surface area contributed by atoms with E-state index in [9.17, 15) is 19.2 Å². The third-order valence-electron chi connectivity index (χ3n) is 4.58. The van der Waals surface area contributed by atoms with E-state index in [1.807, 2.05) is 0 Å². The van der Waals surface area contributed by atoms with Crippen molar-refractivity contribution in [2.45, 2.75) is 13.0 Å². The minimum atomic E-state index is -1.18. The number of rotatable bonds is 7. The number of ether oxygens (including phenoxy) is 3. The van der Waals surface area contributed by atoms with Crippen molar-refractivity contribution in [2.24, 2.45) is 0 Å². The van der Waals surface area contributed by atoms with Gasteiger partial charge in [0.2, 0.25) is 0 Å². The zero-order valence-corrected chi connectivity index (χ0v) is 16.6. The Balaban J connectivity index is 1.60. The molecule has 9 nitrogen and oxygen atoms in total. The fourth-order valence-corrected chi connectivity index (χ4v) is 3.01. The van der Waals surface area contributed by atoms with Crippen molar-refractivity contribution in [3.05, 3.63) is 53.6 Å². The first-order chi connectivity index (χ1) is 14.4. The first-order valence-electron chi connectivity index (χ1n) is 9.02. The minimum absolute atomic E-state index is 0.228. The summed E-state index contributed by atoms with van der Waals surface area (Å²) in [6.07, 6.45) is 0. The Kier molecular flexibility index (Phi) is 6.01. The van der Waals surface area contributed by atoms with Crippen LogP contribution in [0.3, 0.4) is 0 Å². The summed E-state index contributed by atoms with van der Waals surface area (Å²) in [6.45, 7) is 0.774. The Morgan fingerprint density at radius 2 is 1.63 bits per heavy atom. The van der Waals surface area contributed by atoms with Gasteiger partial charge >= 0.3 is 5.97 Å². The van der Waals surface area contributed by atoms with E-state index in [-0.39, 0.29) is 11.1 Å². The molecule has 1 atom stereocenters. The quantitative estimate of drug-likeness (QED) is 0.546. The summed E-state index contributed by atoms with van der Waals surface area (Å²) in [7, 11) is 2.94. The van der Waals surface area contributed by atoms with Crippen molar-refractivity contribution in [1.29, 1.82) is 0 Å². The number of amides is 3. The molecule has 2 aromatic carbocycles. The second-order valence-electron chi connectivity index (χ2n) is 6.42. The average Bonchev–Trinajstić information content (AvgIpc) is 3.02. The Hall–Kier alpha value is -3.88. The number of carbonyl (C=O) groups excluding carboxylic acids is 4. The lowest BCUT2D eigenvalue weighted by Gasteiger charge is -2.20. The summed E-state index contributed by atoms with van der Waals surface area (Å²) in [6, 6.07) is 9.93. The van der Waals surface area contributed by atoms with Crippen molar-refractivity contribution >= 4 is 29.4 Å². The third-order valence-corrected chi connectivity index (χ3v) is 4.58. The Morgan fingerprint density at radius 3 is 2.20 bits per heavy atom. The normalized spacial score (nSPS) is 13.5. The molecule has 0 fully saturated rings. The smallest absolute Gasteiger partial charge is 0.329 e. The number of esters is 1. The summed E-state index contributed by atoms with van der Waals surface area (Å²) >= 11 is 0. The summed E-state index contributed by atoms with van der Waals surface area (Å²) in [5.74, 6) is -1.72. The largest absolute Gasteiger partial charge is 0.497 e. The van der Waals surface area contributed by atoms with E-state index >= 15 is 0 Å². The number of fused-ring (bicyclic) bond motifs is 1. The van der Waals surface area contributed by atoms with E-state index in [0.717, 1.165) is 4.90 Å².